The molecule has 0 saturated heterocycles. The average molecular weight is 466 g/mol. The quantitative estimate of drug-likeness (QED) is 0.419. The van der Waals surface area contributed by atoms with Gasteiger partial charge in [-0.15, -0.1) is 11.3 Å². The van der Waals surface area contributed by atoms with E-state index in [1.54, 1.807) is 32.3 Å². The van der Waals surface area contributed by atoms with Gasteiger partial charge in [0.05, 0.1) is 33.6 Å². The van der Waals surface area contributed by atoms with E-state index in [-0.39, 0.29) is 5.91 Å². The van der Waals surface area contributed by atoms with Crippen molar-refractivity contribution in [1.82, 2.24) is 19.7 Å². The van der Waals surface area contributed by atoms with Crippen molar-refractivity contribution in [2.24, 2.45) is 0 Å². The predicted molar refractivity (Wildman–Crippen MR) is 125 cm³/mol. The Balaban J connectivity index is 1.53. The van der Waals surface area contributed by atoms with Gasteiger partial charge in [-0.05, 0) is 36.8 Å². The summed E-state index contributed by atoms with van der Waals surface area (Å²) in [6.45, 7) is 2.43. The fraction of sp³-hybridized carbons (Fsp3) is 0.217. The fourth-order valence-corrected chi connectivity index (χ4v) is 4.27. The number of benzene rings is 2. The first-order valence-electron chi connectivity index (χ1n) is 10.0. The minimum atomic E-state index is -0.215. The molecule has 170 valence electrons. The van der Waals surface area contributed by atoms with Crippen LogP contribution in [-0.4, -0.2) is 47.0 Å². The summed E-state index contributed by atoms with van der Waals surface area (Å²) >= 11 is 1.30. The summed E-state index contributed by atoms with van der Waals surface area (Å²) in [5.41, 5.74) is 3.17. The highest BCUT2D eigenvalue weighted by Gasteiger charge is 2.20. The number of nitrogens with one attached hydrogen (secondary N) is 1. The van der Waals surface area contributed by atoms with E-state index in [1.807, 2.05) is 43.3 Å². The first kappa shape index (κ1) is 22.3. The summed E-state index contributed by atoms with van der Waals surface area (Å²) in [5.74, 6) is 1.34. The number of carbonyl (C=O) groups is 1. The molecule has 0 spiro atoms. The molecule has 0 aliphatic carbocycles. The number of thiazole rings is 1. The number of nitrogens with zero attached hydrogens (tertiary/aromatic N) is 4. The Labute approximate surface area is 195 Å². The van der Waals surface area contributed by atoms with E-state index in [0.29, 0.717) is 45.1 Å². The van der Waals surface area contributed by atoms with Crippen LogP contribution in [0.4, 0.5) is 5.69 Å². The van der Waals surface area contributed by atoms with E-state index in [0.717, 1.165) is 11.1 Å². The number of anilines is 1. The standard InChI is InChI=1S/C23H23N5O4S/c1-14-21(22(29)27-17-7-5-15(6-8-17)11-28-13-24-12-25-28)33-23(26-14)16-9-18(30-2)20(32-4)19(10-16)31-3/h5-10,12-13H,11H2,1-4H3,(H,27,29). The number of hydrogen-bond acceptors (Lipinski definition) is 8. The number of aryl methyl sites for hydroxylation is 1. The molecule has 0 radical (unpaired) electrons. The lowest BCUT2D eigenvalue weighted by Gasteiger charge is -2.13. The highest BCUT2D eigenvalue weighted by atomic mass is 32.1. The van der Waals surface area contributed by atoms with Crippen LogP contribution in [0.3, 0.4) is 0 Å². The van der Waals surface area contributed by atoms with Gasteiger partial charge < -0.3 is 19.5 Å². The topological polar surface area (TPSA) is 100 Å². The number of methoxy groups -OCH3 is 3. The first-order valence-corrected chi connectivity index (χ1v) is 10.8. The van der Waals surface area contributed by atoms with Gasteiger partial charge in [-0.2, -0.15) is 5.10 Å². The number of hydrogen-bond donors (Lipinski definition) is 1. The molecule has 2 heterocycles. The van der Waals surface area contributed by atoms with E-state index in [2.05, 4.69) is 20.4 Å². The smallest absolute Gasteiger partial charge is 0.267 e. The molecular weight excluding hydrogens is 442 g/mol. The van der Waals surface area contributed by atoms with Crippen molar-refractivity contribution in [3.63, 3.8) is 0 Å². The molecule has 0 aliphatic rings. The van der Waals surface area contributed by atoms with Gasteiger partial charge in [-0.3, -0.25) is 4.79 Å². The number of ether oxygens (including phenoxy) is 3. The molecular formula is C23H23N5O4S. The molecule has 1 amide bonds. The zero-order valence-electron chi connectivity index (χ0n) is 18.7. The normalized spacial score (nSPS) is 10.7. The van der Waals surface area contributed by atoms with Gasteiger partial charge in [0.25, 0.3) is 5.91 Å². The van der Waals surface area contributed by atoms with Crippen molar-refractivity contribution in [2.75, 3.05) is 26.6 Å². The maximum Gasteiger partial charge on any atom is 0.267 e. The van der Waals surface area contributed by atoms with Crippen molar-refractivity contribution < 1.29 is 19.0 Å². The second kappa shape index (κ2) is 9.70. The SMILES string of the molecule is COc1cc(-c2nc(C)c(C(=O)Nc3ccc(Cn4cncn4)cc3)s2)cc(OC)c1OC. The lowest BCUT2D eigenvalue weighted by Crippen LogP contribution is -2.11. The molecule has 2 aromatic carbocycles. The average Bonchev–Trinajstić information content (AvgIpc) is 3.48. The maximum absolute atomic E-state index is 12.9. The highest BCUT2D eigenvalue weighted by molar-refractivity contribution is 7.17. The van der Waals surface area contributed by atoms with Gasteiger partial charge in [0.1, 0.15) is 22.5 Å². The van der Waals surface area contributed by atoms with E-state index in [9.17, 15) is 4.79 Å². The molecule has 0 fully saturated rings. The summed E-state index contributed by atoms with van der Waals surface area (Å²) in [5, 5.41) is 7.72. The molecule has 9 nitrogen and oxygen atoms in total. The van der Waals surface area contributed by atoms with Gasteiger partial charge in [-0.1, -0.05) is 12.1 Å². The Morgan fingerprint density at radius 2 is 1.76 bits per heavy atom. The molecule has 4 rings (SSSR count). The van der Waals surface area contributed by atoms with Crippen LogP contribution in [0.25, 0.3) is 10.6 Å². The highest BCUT2D eigenvalue weighted by Crippen LogP contribution is 2.42. The Hall–Kier alpha value is -3.92. The van der Waals surface area contributed by atoms with Crippen LogP contribution in [0.2, 0.25) is 0 Å². The molecule has 0 bridgehead atoms. The Bertz CT molecular complexity index is 1230. The molecule has 0 atom stereocenters. The van der Waals surface area contributed by atoms with Crippen molar-refractivity contribution in [3.8, 4) is 27.8 Å². The number of amides is 1. The number of aromatic nitrogens is 4. The molecule has 0 saturated carbocycles. The summed E-state index contributed by atoms with van der Waals surface area (Å²) in [6.07, 6.45) is 3.16. The van der Waals surface area contributed by atoms with Gasteiger partial charge in [-0.25, -0.2) is 14.6 Å². The molecule has 2 aromatic heterocycles. The Kier molecular flexibility index (Phi) is 6.55. The van der Waals surface area contributed by atoms with E-state index in [4.69, 9.17) is 14.2 Å². The third-order valence-corrected chi connectivity index (χ3v) is 6.14. The Morgan fingerprint density at radius 3 is 2.33 bits per heavy atom. The van der Waals surface area contributed by atoms with Crippen LogP contribution in [0.15, 0.2) is 49.1 Å². The molecule has 1 N–H and O–H groups in total. The second-order valence-corrected chi connectivity index (χ2v) is 8.09. The van der Waals surface area contributed by atoms with Gasteiger partial charge in [0, 0.05) is 11.3 Å². The summed E-state index contributed by atoms with van der Waals surface area (Å²) in [7, 11) is 4.67. The van der Waals surface area contributed by atoms with E-state index < -0.39 is 0 Å². The largest absolute Gasteiger partial charge is 0.493 e. The van der Waals surface area contributed by atoms with Gasteiger partial charge in [0.15, 0.2) is 11.5 Å². The predicted octanol–water partition coefficient (Wildman–Crippen LogP) is 4.04. The van der Waals surface area contributed by atoms with Crippen LogP contribution in [-0.2, 0) is 6.54 Å². The van der Waals surface area contributed by atoms with E-state index in [1.165, 1.54) is 17.7 Å². The summed E-state index contributed by atoms with van der Waals surface area (Å²) in [6, 6.07) is 11.2. The first-order chi connectivity index (χ1) is 16.0. The van der Waals surface area contributed by atoms with Crippen molar-refractivity contribution in [1.29, 1.82) is 0 Å². The van der Waals surface area contributed by atoms with Crippen LogP contribution >= 0.6 is 11.3 Å². The lowest BCUT2D eigenvalue weighted by atomic mass is 10.2. The molecule has 33 heavy (non-hydrogen) atoms. The van der Waals surface area contributed by atoms with Gasteiger partial charge in [0.2, 0.25) is 5.75 Å². The Morgan fingerprint density at radius 1 is 1.06 bits per heavy atom. The van der Waals surface area contributed by atoms with Crippen LogP contribution in [0.1, 0.15) is 20.9 Å². The maximum atomic E-state index is 12.9. The molecule has 10 heteroatoms. The van der Waals surface area contributed by atoms with Crippen LogP contribution in [0.5, 0.6) is 17.2 Å². The molecule has 0 aliphatic heterocycles. The monoisotopic (exact) mass is 465 g/mol. The minimum absolute atomic E-state index is 0.215. The third kappa shape index (κ3) is 4.80. The fourth-order valence-electron chi connectivity index (χ4n) is 3.32. The van der Waals surface area contributed by atoms with E-state index >= 15 is 0 Å². The van der Waals surface area contributed by atoms with Gasteiger partial charge >= 0.3 is 0 Å². The second-order valence-electron chi connectivity index (χ2n) is 7.09. The number of carbonyl (C=O) groups excluding carboxylic acids is 1. The zero-order chi connectivity index (χ0) is 23.4. The van der Waals surface area contributed by atoms with Crippen LogP contribution in [0, 0.1) is 6.92 Å². The third-order valence-electron chi connectivity index (χ3n) is 4.94. The van der Waals surface area contributed by atoms with Crippen molar-refractivity contribution in [2.45, 2.75) is 13.5 Å². The van der Waals surface area contributed by atoms with Crippen molar-refractivity contribution in [3.05, 3.63) is 65.2 Å². The summed E-state index contributed by atoms with van der Waals surface area (Å²) in [4.78, 5) is 22.0. The molecule has 4 aromatic rings. The number of rotatable bonds is 8. The lowest BCUT2D eigenvalue weighted by molar-refractivity contribution is 0.103. The molecule has 0 unspecified atom stereocenters. The zero-order valence-corrected chi connectivity index (χ0v) is 19.5. The summed E-state index contributed by atoms with van der Waals surface area (Å²) < 4.78 is 18.0. The van der Waals surface area contributed by atoms with Crippen LogP contribution < -0.4 is 19.5 Å². The minimum Gasteiger partial charge on any atom is -0.493 e. The van der Waals surface area contributed by atoms with Crippen molar-refractivity contribution >= 4 is 22.9 Å².